The Labute approximate surface area is 209 Å². The van der Waals surface area contributed by atoms with Crippen molar-refractivity contribution < 1.29 is 4.79 Å². The summed E-state index contributed by atoms with van der Waals surface area (Å²) < 4.78 is 0. The minimum atomic E-state index is -0.652. The maximum Gasteiger partial charge on any atom is 0.236 e. The van der Waals surface area contributed by atoms with Crippen molar-refractivity contribution in [1.82, 2.24) is 30.8 Å². The Morgan fingerprint density at radius 1 is 1.15 bits per heavy atom. The largest absolute Gasteiger partial charge is 0.339 e. The Balaban J connectivity index is 1.51. The Morgan fingerprint density at radius 3 is 2.38 bits per heavy atom. The number of amides is 1. The van der Waals surface area contributed by atoms with Gasteiger partial charge >= 0.3 is 0 Å². The second kappa shape index (κ2) is 9.64. The fourth-order valence-corrected chi connectivity index (χ4v) is 6.02. The molecule has 3 aromatic rings. The number of nitrogens with zero attached hydrogens (tertiary/aromatic N) is 4. The molecule has 0 saturated carbocycles. The van der Waals surface area contributed by atoms with Crippen molar-refractivity contribution in [3.8, 4) is 0 Å². The predicted octanol–water partition coefficient (Wildman–Crippen LogP) is 3.93. The first kappa shape index (κ1) is 23.3. The third kappa shape index (κ3) is 4.21. The molecule has 0 unspecified atom stereocenters. The quantitative estimate of drug-likeness (QED) is 0.502. The monoisotopic (exact) mass is 498 g/mol. The van der Waals surface area contributed by atoms with Crippen molar-refractivity contribution in [3.05, 3.63) is 74.5 Å². The van der Waals surface area contributed by atoms with E-state index in [0.717, 1.165) is 54.5 Å². The van der Waals surface area contributed by atoms with Gasteiger partial charge in [-0.05, 0) is 92.1 Å². The number of nitrogens with one attached hydrogen (secondary N) is 2. The predicted molar refractivity (Wildman–Crippen MR) is 132 cm³/mol. The van der Waals surface area contributed by atoms with Crippen LogP contribution in [0.5, 0.6) is 0 Å². The van der Waals surface area contributed by atoms with Gasteiger partial charge in [0.05, 0.1) is 12.0 Å². The number of likely N-dealkylation sites (tertiary alicyclic amines) is 1. The number of tetrazole rings is 1. The van der Waals surface area contributed by atoms with Gasteiger partial charge in [-0.15, -0.1) is 10.2 Å². The molecule has 1 aliphatic heterocycles. The summed E-state index contributed by atoms with van der Waals surface area (Å²) >= 11 is 12.8. The molecular weight excluding hydrogens is 471 g/mol. The van der Waals surface area contributed by atoms with Crippen LogP contribution in [0.2, 0.25) is 10.0 Å². The molecule has 1 atom stereocenters. The number of aromatic nitrogens is 4. The van der Waals surface area contributed by atoms with Gasteiger partial charge in [0.1, 0.15) is 0 Å². The van der Waals surface area contributed by atoms with Crippen LogP contribution in [0, 0.1) is 0 Å². The Morgan fingerprint density at radius 2 is 1.82 bits per heavy atom. The molecule has 2 heterocycles. The molecule has 2 aromatic carbocycles. The number of hydrogen-bond donors (Lipinski definition) is 2. The number of H-pyrrole nitrogens is 1. The first-order chi connectivity index (χ1) is 16.5. The molecule has 5 rings (SSSR count). The SMILES string of the molecule is C[C@@H]1CCCN1C(=O)CNCCC1(c2nn[nH]n2)c2ccc(Cl)cc2CCc2cc(Cl)ccc21. The van der Waals surface area contributed by atoms with Crippen molar-refractivity contribution in [3.63, 3.8) is 0 Å². The zero-order chi connectivity index (χ0) is 23.7. The molecule has 1 aliphatic carbocycles. The normalized spacial score (nSPS) is 18.9. The van der Waals surface area contributed by atoms with Crippen molar-refractivity contribution >= 4 is 29.1 Å². The standard InChI is InChI=1S/C25H28Cl2N6O/c1-16-3-2-12-33(16)23(34)15-28-11-10-25(24-29-31-32-30-24)21-8-6-19(26)13-17(21)4-5-18-14-20(27)7-9-22(18)25/h6-9,13-14,16,28H,2-5,10-12,15H2,1H3,(H,29,30,31,32)/t16-/m1/s1. The van der Waals surface area contributed by atoms with E-state index in [1.54, 1.807) is 0 Å². The zero-order valence-electron chi connectivity index (χ0n) is 19.2. The molecule has 1 aromatic heterocycles. The van der Waals surface area contributed by atoms with Gasteiger partial charge in [0.15, 0.2) is 5.82 Å². The van der Waals surface area contributed by atoms with Crippen LogP contribution in [0.4, 0.5) is 0 Å². The van der Waals surface area contributed by atoms with E-state index in [2.05, 4.69) is 45.0 Å². The number of aromatic amines is 1. The summed E-state index contributed by atoms with van der Waals surface area (Å²) in [5.74, 6) is 0.752. The van der Waals surface area contributed by atoms with Crippen LogP contribution in [0.3, 0.4) is 0 Å². The third-order valence-electron chi connectivity index (χ3n) is 7.27. The van der Waals surface area contributed by atoms with Crippen LogP contribution in [0.25, 0.3) is 0 Å². The molecular formula is C25H28Cl2N6O. The minimum absolute atomic E-state index is 0.152. The smallest absolute Gasteiger partial charge is 0.236 e. The van der Waals surface area contributed by atoms with Gasteiger partial charge in [0.2, 0.25) is 5.91 Å². The Kier molecular flexibility index (Phi) is 6.60. The van der Waals surface area contributed by atoms with Crippen LogP contribution in [-0.2, 0) is 23.1 Å². The van der Waals surface area contributed by atoms with Gasteiger partial charge in [-0.25, -0.2) is 0 Å². The van der Waals surface area contributed by atoms with Crippen LogP contribution >= 0.6 is 23.2 Å². The maximum absolute atomic E-state index is 12.7. The van der Waals surface area contributed by atoms with Crippen molar-refractivity contribution in [2.75, 3.05) is 19.6 Å². The molecule has 2 N–H and O–H groups in total. The summed E-state index contributed by atoms with van der Waals surface area (Å²) in [7, 11) is 0. The van der Waals surface area contributed by atoms with E-state index >= 15 is 0 Å². The van der Waals surface area contributed by atoms with Gasteiger partial charge in [-0.3, -0.25) is 4.79 Å². The Bertz CT molecular complexity index is 1130. The number of aryl methyl sites for hydroxylation is 2. The summed E-state index contributed by atoms with van der Waals surface area (Å²) in [6.07, 6.45) is 4.47. The molecule has 0 radical (unpaired) electrons. The van der Waals surface area contributed by atoms with Gasteiger partial charge in [0, 0.05) is 22.6 Å². The number of fused-ring (bicyclic) bond motifs is 2. The number of hydrogen-bond acceptors (Lipinski definition) is 5. The number of halogens is 2. The number of carbonyl (C=O) groups excluding carboxylic acids is 1. The molecule has 34 heavy (non-hydrogen) atoms. The van der Waals surface area contributed by atoms with Gasteiger partial charge in [-0.2, -0.15) is 5.21 Å². The fraction of sp³-hybridized carbons (Fsp3) is 0.440. The summed E-state index contributed by atoms with van der Waals surface area (Å²) in [4.78, 5) is 14.7. The highest BCUT2D eigenvalue weighted by Crippen LogP contribution is 2.46. The molecule has 9 heteroatoms. The molecule has 0 bridgehead atoms. The highest BCUT2D eigenvalue weighted by atomic mass is 35.5. The third-order valence-corrected chi connectivity index (χ3v) is 7.74. The van der Waals surface area contributed by atoms with Crippen LogP contribution in [-0.4, -0.2) is 57.1 Å². The molecule has 7 nitrogen and oxygen atoms in total. The van der Waals surface area contributed by atoms with Gasteiger partial charge < -0.3 is 10.2 Å². The van der Waals surface area contributed by atoms with E-state index in [4.69, 9.17) is 23.2 Å². The van der Waals surface area contributed by atoms with E-state index in [-0.39, 0.29) is 5.91 Å². The van der Waals surface area contributed by atoms with E-state index in [1.807, 2.05) is 29.2 Å². The molecule has 178 valence electrons. The number of benzene rings is 2. The molecule has 1 amide bonds. The second-order valence-electron chi connectivity index (χ2n) is 9.25. The van der Waals surface area contributed by atoms with Crippen LogP contribution < -0.4 is 5.32 Å². The lowest BCUT2D eigenvalue weighted by Crippen LogP contribution is -2.42. The van der Waals surface area contributed by atoms with E-state index in [9.17, 15) is 4.79 Å². The van der Waals surface area contributed by atoms with Gasteiger partial charge in [-0.1, -0.05) is 40.5 Å². The van der Waals surface area contributed by atoms with E-state index < -0.39 is 5.41 Å². The van der Waals surface area contributed by atoms with Gasteiger partial charge in [0.25, 0.3) is 0 Å². The number of carbonyl (C=O) groups is 1. The molecule has 2 aliphatic rings. The van der Waals surface area contributed by atoms with Crippen molar-refractivity contribution in [1.29, 1.82) is 0 Å². The highest BCUT2D eigenvalue weighted by Gasteiger charge is 2.44. The highest BCUT2D eigenvalue weighted by molar-refractivity contribution is 6.31. The first-order valence-electron chi connectivity index (χ1n) is 11.8. The fourth-order valence-electron chi connectivity index (χ4n) is 5.63. The lowest BCUT2D eigenvalue weighted by Gasteiger charge is -2.34. The Hall–Kier alpha value is -2.48. The van der Waals surface area contributed by atoms with Crippen molar-refractivity contribution in [2.45, 2.75) is 50.5 Å². The maximum atomic E-state index is 12.7. The average Bonchev–Trinajstić information content (AvgIpc) is 3.49. The van der Waals surface area contributed by atoms with Crippen molar-refractivity contribution in [2.24, 2.45) is 0 Å². The van der Waals surface area contributed by atoms with Crippen LogP contribution in [0.1, 0.15) is 54.3 Å². The number of rotatable bonds is 6. The topological polar surface area (TPSA) is 86.8 Å². The first-order valence-corrected chi connectivity index (χ1v) is 12.6. The second-order valence-corrected chi connectivity index (χ2v) is 10.1. The summed E-state index contributed by atoms with van der Waals surface area (Å²) in [6.45, 7) is 3.88. The summed E-state index contributed by atoms with van der Waals surface area (Å²) in [5.41, 5.74) is 3.89. The zero-order valence-corrected chi connectivity index (χ0v) is 20.7. The van der Waals surface area contributed by atoms with E-state index in [1.165, 1.54) is 0 Å². The average molecular weight is 499 g/mol. The molecule has 1 saturated heterocycles. The lowest BCUT2D eigenvalue weighted by molar-refractivity contribution is -0.130. The van der Waals surface area contributed by atoms with E-state index in [0.29, 0.717) is 41.4 Å². The summed E-state index contributed by atoms with van der Waals surface area (Å²) in [6, 6.07) is 12.4. The summed E-state index contributed by atoms with van der Waals surface area (Å²) in [5, 5.41) is 20.3. The lowest BCUT2D eigenvalue weighted by atomic mass is 9.69. The molecule has 0 spiro atoms. The molecule has 1 fully saturated rings. The minimum Gasteiger partial charge on any atom is -0.339 e. The van der Waals surface area contributed by atoms with Crippen LogP contribution in [0.15, 0.2) is 36.4 Å².